The zero-order valence-electron chi connectivity index (χ0n) is 15.8. The van der Waals surface area contributed by atoms with Gasteiger partial charge in [0.1, 0.15) is 5.75 Å². The smallest absolute Gasteiger partial charge is 0.266 e. The van der Waals surface area contributed by atoms with Crippen LogP contribution in [0.3, 0.4) is 0 Å². The summed E-state index contributed by atoms with van der Waals surface area (Å²) in [4.78, 5) is 28.5. The highest BCUT2D eigenvalue weighted by Gasteiger charge is 2.36. The summed E-state index contributed by atoms with van der Waals surface area (Å²) in [5, 5.41) is 0. The van der Waals surface area contributed by atoms with Crippen LogP contribution in [0, 0.1) is 11.6 Å². The molecule has 148 valence electrons. The van der Waals surface area contributed by atoms with Gasteiger partial charge < -0.3 is 14.5 Å². The minimum absolute atomic E-state index is 0.0893. The van der Waals surface area contributed by atoms with Gasteiger partial charge in [0.2, 0.25) is 0 Å². The van der Waals surface area contributed by atoms with Crippen molar-refractivity contribution in [3.8, 4) is 5.75 Å². The van der Waals surface area contributed by atoms with Crippen LogP contribution in [0.25, 0.3) is 0 Å². The molecule has 0 saturated carbocycles. The van der Waals surface area contributed by atoms with Gasteiger partial charge in [0.25, 0.3) is 11.8 Å². The van der Waals surface area contributed by atoms with Crippen molar-refractivity contribution in [3.63, 3.8) is 0 Å². The highest BCUT2D eigenvalue weighted by molar-refractivity contribution is 5.94. The van der Waals surface area contributed by atoms with Gasteiger partial charge in [0.05, 0.1) is 0 Å². The average Bonchev–Trinajstić information content (AvgIpc) is 2.69. The lowest BCUT2D eigenvalue weighted by atomic mass is 10.1. The van der Waals surface area contributed by atoms with E-state index in [-0.39, 0.29) is 17.4 Å². The molecule has 0 unspecified atom stereocenters. The van der Waals surface area contributed by atoms with Crippen molar-refractivity contribution in [2.24, 2.45) is 0 Å². The molecule has 1 saturated heterocycles. The summed E-state index contributed by atoms with van der Waals surface area (Å²) in [6.45, 7) is 4.73. The first-order chi connectivity index (χ1) is 13.3. The fraction of sp³-hybridized carbons (Fsp3) is 0.333. The monoisotopic (exact) mass is 388 g/mol. The van der Waals surface area contributed by atoms with Crippen LogP contribution >= 0.6 is 0 Å². The summed E-state index contributed by atoms with van der Waals surface area (Å²) < 4.78 is 32.3. The maximum Gasteiger partial charge on any atom is 0.266 e. The molecule has 0 atom stereocenters. The number of benzene rings is 2. The van der Waals surface area contributed by atoms with Crippen LogP contribution in [0.1, 0.15) is 24.2 Å². The van der Waals surface area contributed by atoms with Crippen LogP contribution in [0.15, 0.2) is 48.5 Å². The number of halogens is 2. The quantitative estimate of drug-likeness (QED) is 0.809. The molecule has 2 aromatic carbocycles. The van der Waals surface area contributed by atoms with Crippen molar-refractivity contribution in [2.75, 3.05) is 26.2 Å². The Labute approximate surface area is 162 Å². The van der Waals surface area contributed by atoms with E-state index in [0.29, 0.717) is 31.9 Å². The van der Waals surface area contributed by atoms with E-state index in [1.165, 1.54) is 11.0 Å². The predicted molar refractivity (Wildman–Crippen MR) is 100.0 cm³/mol. The van der Waals surface area contributed by atoms with E-state index in [0.717, 1.165) is 12.1 Å². The Morgan fingerprint density at radius 1 is 0.893 bits per heavy atom. The van der Waals surface area contributed by atoms with Crippen molar-refractivity contribution in [1.29, 1.82) is 0 Å². The first-order valence-corrected chi connectivity index (χ1v) is 9.06. The van der Waals surface area contributed by atoms with Gasteiger partial charge in [-0.25, -0.2) is 8.78 Å². The third kappa shape index (κ3) is 4.30. The molecule has 0 aromatic heterocycles. The summed E-state index contributed by atoms with van der Waals surface area (Å²) in [6.07, 6.45) is 0. The maximum absolute atomic E-state index is 13.4. The van der Waals surface area contributed by atoms with Crippen LogP contribution in [0.2, 0.25) is 0 Å². The number of hydrogen-bond donors (Lipinski definition) is 0. The van der Waals surface area contributed by atoms with E-state index < -0.39 is 17.2 Å². The van der Waals surface area contributed by atoms with Crippen LogP contribution in [-0.2, 0) is 4.79 Å². The summed E-state index contributed by atoms with van der Waals surface area (Å²) in [7, 11) is 0. The van der Waals surface area contributed by atoms with Gasteiger partial charge in [-0.3, -0.25) is 9.59 Å². The minimum atomic E-state index is -1.06. The Bertz CT molecular complexity index is 863. The number of carbonyl (C=O) groups excluding carboxylic acids is 2. The van der Waals surface area contributed by atoms with Crippen molar-refractivity contribution in [1.82, 2.24) is 9.80 Å². The molecule has 1 fully saturated rings. The van der Waals surface area contributed by atoms with Crippen LogP contribution in [0.4, 0.5) is 8.78 Å². The second kappa shape index (κ2) is 7.96. The second-order valence-electron chi connectivity index (χ2n) is 7.14. The normalized spacial score (nSPS) is 14.7. The lowest BCUT2D eigenvalue weighted by Crippen LogP contribution is -2.56. The summed E-state index contributed by atoms with van der Waals surface area (Å²) in [5.74, 6) is -2.00. The first-order valence-electron chi connectivity index (χ1n) is 9.06. The van der Waals surface area contributed by atoms with Crippen molar-refractivity contribution < 1.29 is 23.1 Å². The maximum atomic E-state index is 13.4. The zero-order valence-corrected chi connectivity index (χ0v) is 15.8. The van der Waals surface area contributed by atoms with E-state index in [1.54, 1.807) is 30.9 Å². The molecule has 28 heavy (non-hydrogen) atoms. The number of hydrogen-bond acceptors (Lipinski definition) is 3. The van der Waals surface area contributed by atoms with Gasteiger partial charge in [0.15, 0.2) is 17.2 Å². The Hall–Kier alpha value is -2.96. The van der Waals surface area contributed by atoms with Crippen LogP contribution < -0.4 is 4.74 Å². The Morgan fingerprint density at radius 3 is 2.11 bits per heavy atom. The average molecular weight is 388 g/mol. The number of nitrogens with zero attached hydrogens (tertiary/aromatic N) is 2. The number of ether oxygens (including phenoxy) is 1. The molecule has 0 bridgehead atoms. The summed E-state index contributed by atoms with van der Waals surface area (Å²) >= 11 is 0. The predicted octanol–water partition coefficient (Wildman–Crippen LogP) is 3.11. The molecule has 0 spiro atoms. The van der Waals surface area contributed by atoms with Crippen LogP contribution in [-0.4, -0.2) is 53.4 Å². The van der Waals surface area contributed by atoms with E-state index >= 15 is 0 Å². The molecule has 1 heterocycles. The second-order valence-corrected chi connectivity index (χ2v) is 7.14. The fourth-order valence-corrected chi connectivity index (χ4v) is 3.13. The van der Waals surface area contributed by atoms with Gasteiger partial charge in [-0.05, 0) is 44.2 Å². The lowest BCUT2D eigenvalue weighted by molar-refractivity contribution is -0.147. The molecule has 1 aliphatic rings. The molecule has 7 heteroatoms. The van der Waals surface area contributed by atoms with Crippen LogP contribution in [0.5, 0.6) is 5.75 Å². The van der Waals surface area contributed by atoms with Gasteiger partial charge in [0, 0.05) is 31.7 Å². The molecular weight excluding hydrogens is 366 g/mol. The number of para-hydroxylation sites is 1. The summed E-state index contributed by atoms with van der Waals surface area (Å²) in [5.41, 5.74) is -0.959. The zero-order chi connectivity index (χ0) is 20.3. The Morgan fingerprint density at radius 2 is 1.50 bits per heavy atom. The highest BCUT2D eigenvalue weighted by atomic mass is 19.2. The molecule has 2 amide bonds. The van der Waals surface area contributed by atoms with E-state index in [2.05, 4.69) is 0 Å². The summed E-state index contributed by atoms with van der Waals surface area (Å²) in [6, 6.07) is 12.2. The lowest BCUT2D eigenvalue weighted by Gasteiger charge is -2.38. The van der Waals surface area contributed by atoms with Gasteiger partial charge in [-0.1, -0.05) is 18.2 Å². The fourth-order valence-electron chi connectivity index (χ4n) is 3.13. The van der Waals surface area contributed by atoms with Crippen molar-refractivity contribution in [3.05, 3.63) is 65.7 Å². The van der Waals surface area contributed by atoms with Gasteiger partial charge in [-0.2, -0.15) is 0 Å². The first kappa shape index (κ1) is 19.8. The van der Waals surface area contributed by atoms with E-state index in [1.807, 2.05) is 18.2 Å². The molecular formula is C21H22F2N2O3. The topological polar surface area (TPSA) is 49.9 Å². The number of amides is 2. The minimum Gasteiger partial charge on any atom is -0.478 e. The van der Waals surface area contributed by atoms with Gasteiger partial charge in [-0.15, -0.1) is 0 Å². The molecule has 0 radical (unpaired) electrons. The van der Waals surface area contributed by atoms with Crippen molar-refractivity contribution >= 4 is 11.8 Å². The van der Waals surface area contributed by atoms with Crippen molar-refractivity contribution in [2.45, 2.75) is 19.4 Å². The largest absolute Gasteiger partial charge is 0.478 e. The third-order valence-electron chi connectivity index (χ3n) is 4.65. The number of piperazine rings is 1. The number of rotatable bonds is 4. The Kier molecular flexibility index (Phi) is 5.63. The molecule has 1 aliphatic heterocycles. The van der Waals surface area contributed by atoms with E-state index in [4.69, 9.17) is 4.74 Å². The Balaban J connectivity index is 1.60. The van der Waals surface area contributed by atoms with E-state index in [9.17, 15) is 18.4 Å². The standard InChI is InChI=1S/C21H22F2N2O3/c1-21(2,28-16-6-4-3-5-7-16)20(27)25-12-10-24(11-13-25)19(26)15-8-9-17(22)18(23)14-15/h3-9,14H,10-13H2,1-2H3. The molecule has 0 aliphatic carbocycles. The number of carbonyl (C=O) groups is 2. The molecule has 3 rings (SSSR count). The molecule has 2 aromatic rings. The molecule has 0 N–H and O–H groups in total. The molecule has 5 nitrogen and oxygen atoms in total. The third-order valence-corrected chi connectivity index (χ3v) is 4.65. The highest BCUT2D eigenvalue weighted by Crippen LogP contribution is 2.21. The SMILES string of the molecule is CC(C)(Oc1ccccc1)C(=O)N1CCN(C(=O)c2ccc(F)c(F)c2)CC1. The van der Waals surface area contributed by atoms with Gasteiger partial charge >= 0.3 is 0 Å².